The molecular weight excluding hydrogens is 280 g/mol. The molecule has 0 amide bonds. The van der Waals surface area contributed by atoms with Crippen LogP contribution in [0.3, 0.4) is 0 Å². The molecule has 0 aliphatic heterocycles. The molecule has 0 bridgehead atoms. The molecule has 0 spiro atoms. The average Bonchev–Trinajstić information content (AvgIpc) is 2.26. The van der Waals surface area contributed by atoms with Crippen LogP contribution in [-0.2, 0) is 10.0 Å². The zero-order valence-corrected chi connectivity index (χ0v) is 12.9. The van der Waals surface area contributed by atoms with Gasteiger partial charge in [-0.2, -0.15) is 0 Å². The quantitative estimate of drug-likeness (QED) is 0.816. The van der Waals surface area contributed by atoms with Crippen LogP contribution in [0, 0.1) is 6.92 Å². The first kappa shape index (κ1) is 16.6. The molecule has 0 aliphatic carbocycles. The fraction of sp³-hybridized carbons (Fsp3) is 0.462. The first-order valence-corrected chi connectivity index (χ1v) is 7.63. The molecule has 112 valence electrons. The van der Waals surface area contributed by atoms with Gasteiger partial charge in [-0.05, 0) is 45.6 Å². The molecule has 0 fully saturated rings. The molecule has 0 aromatic heterocycles. The van der Waals surface area contributed by atoms with E-state index in [4.69, 9.17) is 5.11 Å². The van der Waals surface area contributed by atoms with E-state index in [-0.39, 0.29) is 16.5 Å². The van der Waals surface area contributed by atoms with Crippen molar-refractivity contribution in [3.05, 3.63) is 29.3 Å². The lowest BCUT2D eigenvalue weighted by atomic mass is 10.1. The number of likely N-dealkylation sites (N-methyl/N-ethyl adjacent to an activating group) is 1. The number of hydrogen-bond donors (Lipinski definition) is 2. The fourth-order valence-corrected chi connectivity index (χ4v) is 3.18. The summed E-state index contributed by atoms with van der Waals surface area (Å²) in [7, 11) is -0.0250. The van der Waals surface area contributed by atoms with Crippen molar-refractivity contribution < 1.29 is 18.3 Å². The lowest BCUT2D eigenvalue weighted by molar-refractivity contribution is 0.0696. The lowest BCUT2D eigenvalue weighted by Gasteiger charge is -2.18. The summed E-state index contributed by atoms with van der Waals surface area (Å²) in [6, 6.07) is 3.81. The number of aryl methyl sites for hydroxylation is 1. The first-order chi connectivity index (χ1) is 9.13. The predicted molar refractivity (Wildman–Crippen MR) is 76.5 cm³/mol. The highest BCUT2D eigenvalue weighted by Gasteiger charge is 2.20. The first-order valence-electron chi connectivity index (χ1n) is 6.14. The zero-order valence-electron chi connectivity index (χ0n) is 12.0. The molecule has 7 heteroatoms. The van der Waals surface area contributed by atoms with Crippen molar-refractivity contribution in [3.63, 3.8) is 0 Å². The molecule has 1 aromatic rings. The third kappa shape index (κ3) is 4.29. The molecule has 0 saturated carbocycles. The lowest BCUT2D eigenvalue weighted by Crippen LogP contribution is -2.39. The molecule has 0 saturated heterocycles. The molecule has 20 heavy (non-hydrogen) atoms. The number of carbonyl (C=O) groups is 1. The van der Waals surface area contributed by atoms with Gasteiger partial charge in [0.15, 0.2) is 0 Å². The minimum absolute atomic E-state index is 0.00635. The Balaban J connectivity index is 3.04. The minimum Gasteiger partial charge on any atom is -0.478 e. The van der Waals surface area contributed by atoms with E-state index in [1.807, 2.05) is 19.0 Å². The Hall–Kier alpha value is -1.44. The molecule has 1 aromatic carbocycles. The SMILES string of the molecule is Cc1ccc(S(=O)(=O)NC(C)CN(C)C)cc1C(=O)O. The summed E-state index contributed by atoms with van der Waals surface area (Å²) in [5.74, 6) is -1.14. The number of hydrogen-bond acceptors (Lipinski definition) is 4. The Kier molecular flexibility index (Phi) is 5.27. The number of nitrogens with one attached hydrogen (secondary N) is 1. The van der Waals surface area contributed by atoms with Gasteiger partial charge in [0.25, 0.3) is 0 Å². The number of nitrogens with zero attached hydrogens (tertiary/aromatic N) is 1. The van der Waals surface area contributed by atoms with Crippen molar-refractivity contribution in [1.29, 1.82) is 0 Å². The van der Waals surface area contributed by atoms with E-state index in [1.165, 1.54) is 18.2 Å². The molecule has 0 aliphatic rings. The monoisotopic (exact) mass is 300 g/mol. The van der Waals surface area contributed by atoms with Crippen LogP contribution < -0.4 is 4.72 Å². The van der Waals surface area contributed by atoms with Gasteiger partial charge in [0.1, 0.15) is 0 Å². The standard InChI is InChI=1S/C13H20N2O4S/c1-9-5-6-11(7-12(9)13(16)17)20(18,19)14-10(2)8-15(3)4/h5-7,10,14H,8H2,1-4H3,(H,16,17). The van der Waals surface area contributed by atoms with Crippen LogP contribution in [0.5, 0.6) is 0 Å². The predicted octanol–water partition coefficient (Wildman–Crippen LogP) is 0.922. The van der Waals surface area contributed by atoms with Crippen molar-refractivity contribution >= 4 is 16.0 Å². The number of benzene rings is 1. The van der Waals surface area contributed by atoms with Crippen LogP contribution in [0.25, 0.3) is 0 Å². The van der Waals surface area contributed by atoms with Gasteiger partial charge < -0.3 is 10.0 Å². The van der Waals surface area contributed by atoms with Crippen LogP contribution in [0.2, 0.25) is 0 Å². The van der Waals surface area contributed by atoms with E-state index in [1.54, 1.807) is 13.8 Å². The van der Waals surface area contributed by atoms with E-state index < -0.39 is 16.0 Å². The summed E-state index contributed by atoms with van der Waals surface area (Å²) >= 11 is 0. The Morgan fingerprint density at radius 2 is 2.00 bits per heavy atom. The van der Waals surface area contributed by atoms with Crippen LogP contribution >= 0.6 is 0 Å². The second-order valence-electron chi connectivity index (χ2n) is 5.07. The Labute approximate surface area is 119 Å². The zero-order chi connectivity index (χ0) is 15.5. The van der Waals surface area contributed by atoms with Crippen molar-refractivity contribution in [2.75, 3.05) is 20.6 Å². The second-order valence-corrected chi connectivity index (χ2v) is 6.78. The van der Waals surface area contributed by atoms with Gasteiger partial charge in [-0.25, -0.2) is 17.9 Å². The highest BCUT2D eigenvalue weighted by molar-refractivity contribution is 7.89. The number of aromatic carboxylic acids is 1. The Morgan fingerprint density at radius 1 is 1.40 bits per heavy atom. The Bertz CT molecular complexity index is 596. The molecular formula is C13H20N2O4S. The van der Waals surface area contributed by atoms with Crippen molar-refractivity contribution in [3.8, 4) is 0 Å². The normalized spacial score (nSPS) is 13.4. The maximum Gasteiger partial charge on any atom is 0.335 e. The van der Waals surface area contributed by atoms with E-state index in [9.17, 15) is 13.2 Å². The van der Waals surface area contributed by atoms with Gasteiger partial charge in [0.05, 0.1) is 10.5 Å². The number of sulfonamides is 1. The van der Waals surface area contributed by atoms with Crippen LogP contribution in [0.1, 0.15) is 22.8 Å². The molecule has 2 N–H and O–H groups in total. The summed E-state index contributed by atoms with van der Waals surface area (Å²) in [6.45, 7) is 3.93. The molecule has 0 heterocycles. The summed E-state index contributed by atoms with van der Waals surface area (Å²) in [4.78, 5) is 12.9. The van der Waals surface area contributed by atoms with Gasteiger partial charge in [-0.3, -0.25) is 0 Å². The average molecular weight is 300 g/mol. The van der Waals surface area contributed by atoms with Crippen LogP contribution in [0.15, 0.2) is 23.1 Å². The van der Waals surface area contributed by atoms with Crippen molar-refractivity contribution in [2.45, 2.75) is 24.8 Å². The third-order valence-electron chi connectivity index (χ3n) is 2.75. The van der Waals surface area contributed by atoms with Gasteiger partial charge in [0.2, 0.25) is 10.0 Å². The van der Waals surface area contributed by atoms with E-state index in [0.717, 1.165) is 0 Å². The second kappa shape index (κ2) is 6.34. The molecule has 0 radical (unpaired) electrons. The molecule has 1 unspecified atom stereocenters. The topological polar surface area (TPSA) is 86.7 Å². The van der Waals surface area contributed by atoms with E-state index >= 15 is 0 Å². The number of carboxylic acid groups (broad SMARTS) is 1. The highest BCUT2D eigenvalue weighted by atomic mass is 32.2. The van der Waals surface area contributed by atoms with Crippen LogP contribution in [0.4, 0.5) is 0 Å². The van der Waals surface area contributed by atoms with E-state index in [2.05, 4.69) is 4.72 Å². The molecule has 1 atom stereocenters. The van der Waals surface area contributed by atoms with Gasteiger partial charge >= 0.3 is 5.97 Å². The summed E-state index contributed by atoms with van der Waals surface area (Å²) in [5.41, 5.74) is 0.519. The Morgan fingerprint density at radius 3 is 2.50 bits per heavy atom. The summed E-state index contributed by atoms with van der Waals surface area (Å²) < 4.78 is 26.9. The summed E-state index contributed by atoms with van der Waals surface area (Å²) in [5, 5.41) is 9.03. The van der Waals surface area contributed by atoms with Gasteiger partial charge in [-0.15, -0.1) is 0 Å². The van der Waals surface area contributed by atoms with Gasteiger partial charge in [0, 0.05) is 12.6 Å². The van der Waals surface area contributed by atoms with Gasteiger partial charge in [-0.1, -0.05) is 6.07 Å². The van der Waals surface area contributed by atoms with Crippen LogP contribution in [-0.4, -0.2) is 51.1 Å². The molecule has 6 nitrogen and oxygen atoms in total. The smallest absolute Gasteiger partial charge is 0.335 e. The largest absolute Gasteiger partial charge is 0.478 e. The van der Waals surface area contributed by atoms with Crippen molar-refractivity contribution in [2.24, 2.45) is 0 Å². The maximum absolute atomic E-state index is 12.2. The minimum atomic E-state index is -3.72. The molecule has 1 rings (SSSR count). The van der Waals surface area contributed by atoms with E-state index in [0.29, 0.717) is 12.1 Å². The third-order valence-corrected chi connectivity index (χ3v) is 4.33. The maximum atomic E-state index is 12.2. The number of carboxylic acids is 1. The highest BCUT2D eigenvalue weighted by Crippen LogP contribution is 2.16. The summed E-state index contributed by atoms with van der Waals surface area (Å²) in [6.07, 6.45) is 0. The van der Waals surface area contributed by atoms with Crippen molar-refractivity contribution in [1.82, 2.24) is 9.62 Å². The number of rotatable bonds is 6. The fourth-order valence-electron chi connectivity index (χ4n) is 1.92.